The molecule has 0 aliphatic heterocycles. The van der Waals surface area contributed by atoms with Crippen molar-refractivity contribution in [1.29, 1.82) is 0 Å². The van der Waals surface area contributed by atoms with Crippen LogP contribution in [0, 0.1) is 13.8 Å². The first-order valence-electron chi connectivity index (χ1n) is 7.38. The molecule has 1 fully saturated rings. The Morgan fingerprint density at radius 1 is 1.19 bits per heavy atom. The summed E-state index contributed by atoms with van der Waals surface area (Å²) in [6, 6.07) is 8.80. The number of methoxy groups -OCH3 is 1. The first kappa shape index (κ1) is 14.0. The molecule has 21 heavy (non-hydrogen) atoms. The van der Waals surface area contributed by atoms with Gasteiger partial charge in [0.15, 0.2) is 5.82 Å². The van der Waals surface area contributed by atoms with Crippen LogP contribution in [-0.2, 0) is 6.54 Å². The number of aryl methyl sites for hydroxylation is 2. The van der Waals surface area contributed by atoms with E-state index >= 15 is 0 Å². The molecule has 1 aromatic carbocycles. The Bertz CT molecular complexity index is 650. The lowest BCUT2D eigenvalue weighted by atomic mass is 10.1. The monoisotopic (exact) mass is 283 g/mol. The van der Waals surface area contributed by atoms with Gasteiger partial charge in [-0.2, -0.15) is 0 Å². The largest absolute Gasteiger partial charge is 0.496 e. The topological polar surface area (TPSA) is 47.0 Å². The van der Waals surface area contributed by atoms with Crippen LogP contribution in [0.5, 0.6) is 5.75 Å². The van der Waals surface area contributed by atoms with Crippen molar-refractivity contribution in [2.75, 3.05) is 7.11 Å². The first-order chi connectivity index (χ1) is 10.2. The molecule has 1 aliphatic carbocycles. The molecule has 0 amide bonds. The number of aromatic nitrogens is 2. The zero-order chi connectivity index (χ0) is 14.8. The second-order valence-corrected chi connectivity index (χ2v) is 5.66. The summed E-state index contributed by atoms with van der Waals surface area (Å²) in [6.45, 7) is 4.87. The summed E-state index contributed by atoms with van der Waals surface area (Å²) in [5.41, 5.74) is 4.18. The van der Waals surface area contributed by atoms with Gasteiger partial charge in [-0.15, -0.1) is 0 Å². The average Bonchev–Trinajstić information content (AvgIpc) is 3.28. The summed E-state index contributed by atoms with van der Waals surface area (Å²) in [5.74, 6) is 1.68. The van der Waals surface area contributed by atoms with Crippen LogP contribution in [0.3, 0.4) is 0 Å². The minimum Gasteiger partial charge on any atom is -0.496 e. The van der Waals surface area contributed by atoms with E-state index in [2.05, 4.69) is 27.4 Å². The molecule has 4 nitrogen and oxygen atoms in total. The maximum absolute atomic E-state index is 5.30. The molecule has 1 aliphatic rings. The van der Waals surface area contributed by atoms with Gasteiger partial charge in [0.1, 0.15) is 5.75 Å². The van der Waals surface area contributed by atoms with E-state index in [9.17, 15) is 0 Å². The number of rotatable bonds is 5. The third-order valence-electron chi connectivity index (χ3n) is 3.71. The smallest absolute Gasteiger partial charge is 0.159 e. The lowest BCUT2D eigenvalue weighted by molar-refractivity contribution is 0.412. The van der Waals surface area contributed by atoms with E-state index in [1.807, 2.05) is 26.0 Å². The van der Waals surface area contributed by atoms with E-state index in [0.717, 1.165) is 40.6 Å². The molecule has 0 atom stereocenters. The van der Waals surface area contributed by atoms with Crippen molar-refractivity contribution in [3.8, 4) is 17.1 Å². The first-order valence-corrected chi connectivity index (χ1v) is 7.38. The van der Waals surface area contributed by atoms with Gasteiger partial charge < -0.3 is 10.1 Å². The van der Waals surface area contributed by atoms with Gasteiger partial charge in [-0.3, -0.25) is 0 Å². The fraction of sp³-hybridized carbons (Fsp3) is 0.412. The highest BCUT2D eigenvalue weighted by Crippen LogP contribution is 2.24. The van der Waals surface area contributed by atoms with Crippen LogP contribution in [0.4, 0.5) is 0 Å². The van der Waals surface area contributed by atoms with Gasteiger partial charge in [-0.25, -0.2) is 9.97 Å². The van der Waals surface area contributed by atoms with E-state index in [1.54, 1.807) is 7.11 Å². The van der Waals surface area contributed by atoms with Gasteiger partial charge in [0.25, 0.3) is 0 Å². The molecular formula is C17H21N3O. The van der Waals surface area contributed by atoms with Crippen molar-refractivity contribution in [2.45, 2.75) is 39.3 Å². The predicted octanol–water partition coefficient (Wildman–Crippen LogP) is 3.02. The summed E-state index contributed by atoms with van der Waals surface area (Å²) in [4.78, 5) is 9.25. The number of ether oxygens (including phenoxy) is 1. The maximum atomic E-state index is 5.30. The molecule has 1 N–H and O–H groups in total. The van der Waals surface area contributed by atoms with Crippen molar-refractivity contribution >= 4 is 0 Å². The van der Waals surface area contributed by atoms with Crippen molar-refractivity contribution in [3.05, 3.63) is 41.2 Å². The third-order valence-corrected chi connectivity index (χ3v) is 3.71. The number of nitrogens with zero attached hydrogens (tertiary/aromatic N) is 2. The standard InChI is InChI=1S/C17H21N3O/c1-11-8-13(4-7-16(11)21-3)17-19-12(2)9-15(20-17)10-18-14-5-6-14/h4,7-9,14,18H,5-6,10H2,1-3H3. The van der Waals surface area contributed by atoms with Gasteiger partial charge >= 0.3 is 0 Å². The highest BCUT2D eigenvalue weighted by molar-refractivity contribution is 5.58. The Hall–Kier alpha value is -1.94. The second kappa shape index (κ2) is 5.82. The van der Waals surface area contributed by atoms with E-state index in [4.69, 9.17) is 4.74 Å². The normalized spacial score (nSPS) is 14.2. The Kier molecular flexibility index (Phi) is 3.88. The van der Waals surface area contributed by atoms with E-state index in [-0.39, 0.29) is 0 Å². The SMILES string of the molecule is COc1ccc(-c2nc(C)cc(CNC3CC3)n2)cc1C. The second-order valence-electron chi connectivity index (χ2n) is 5.66. The lowest BCUT2D eigenvalue weighted by Crippen LogP contribution is -2.16. The number of hydrogen-bond donors (Lipinski definition) is 1. The van der Waals surface area contributed by atoms with E-state index in [0.29, 0.717) is 6.04 Å². The molecule has 0 bridgehead atoms. The fourth-order valence-corrected chi connectivity index (χ4v) is 2.41. The zero-order valence-electron chi connectivity index (χ0n) is 12.8. The molecule has 0 saturated heterocycles. The van der Waals surface area contributed by atoms with Crippen molar-refractivity contribution < 1.29 is 4.74 Å². The van der Waals surface area contributed by atoms with Crippen molar-refractivity contribution in [2.24, 2.45) is 0 Å². The summed E-state index contributed by atoms with van der Waals surface area (Å²) in [5, 5.41) is 3.50. The Labute approximate surface area is 125 Å². The molecule has 0 unspecified atom stereocenters. The molecule has 1 aromatic heterocycles. The van der Waals surface area contributed by atoms with Gasteiger partial charge in [0.05, 0.1) is 12.8 Å². The van der Waals surface area contributed by atoms with Gasteiger partial charge in [-0.05, 0) is 56.5 Å². The average molecular weight is 283 g/mol. The quantitative estimate of drug-likeness (QED) is 0.916. The summed E-state index contributed by atoms with van der Waals surface area (Å²) >= 11 is 0. The van der Waals surface area contributed by atoms with E-state index < -0.39 is 0 Å². The molecule has 3 rings (SSSR count). The maximum Gasteiger partial charge on any atom is 0.159 e. The number of nitrogens with one attached hydrogen (secondary N) is 1. The molecule has 110 valence electrons. The van der Waals surface area contributed by atoms with E-state index in [1.165, 1.54) is 12.8 Å². The molecule has 0 radical (unpaired) electrons. The van der Waals surface area contributed by atoms with Crippen LogP contribution >= 0.6 is 0 Å². The number of benzene rings is 1. The summed E-state index contributed by atoms with van der Waals surface area (Å²) < 4.78 is 5.30. The van der Waals surface area contributed by atoms with Crippen LogP contribution in [0.1, 0.15) is 29.8 Å². The minimum atomic E-state index is 0.687. The molecule has 4 heteroatoms. The predicted molar refractivity (Wildman–Crippen MR) is 83.4 cm³/mol. The molecule has 1 saturated carbocycles. The van der Waals surface area contributed by atoms with Crippen molar-refractivity contribution in [3.63, 3.8) is 0 Å². The minimum absolute atomic E-state index is 0.687. The Morgan fingerprint density at radius 3 is 2.67 bits per heavy atom. The van der Waals surface area contributed by atoms with Crippen LogP contribution in [0.25, 0.3) is 11.4 Å². The lowest BCUT2D eigenvalue weighted by Gasteiger charge is -2.09. The highest BCUT2D eigenvalue weighted by Gasteiger charge is 2.20. The van der Waals surface area contributed by atoms with Crippen LogP contribution in [0.2, 0.25) is 0 Å². The molecular weight excluding hydrogens is 262 g/mol. The summed E-state index contributed by atoms with van der Waals surface area (Å²) in [6.07, 6.45) is 2.57. The fourth-order valence-electron chi connectivity index (χ4n) is 2.41. The summed E-state index contributed by atoms with van der Waals surface area (Å²) in [7, 11) is 1.69. The van der Waals surface area contributed by atoms with Gasteiger partial charge in [0.2, 0.25) is 0 Å². The van der Waals surface area contributed by atoms with Gasteiger partial charge in [0, 0.05) is 23.8 Å². The molecule has 2 aromatic rings. The molecule has 0 spiro atoms. The Morgan fingerprint density at radius 2 is 2.00 bits per heavy atom. The van der Waals surface area contributed by atoms with Crippen LogP contribution in [0.15, 0.2) is 24.3 Å². The third kappa shape index (κ3) is 3.39. The molecule has 1 heterocycles. The van der Waals surface area contributed by atoms with Crippen LogP contribution < -0.4 is 10.1 Å². The van der Waals surface area contributed by atoms with Crippen LogP contribution in [-0.4, -0.2) is 23.1 Å². The van der Waals surface area contributed by atoms with Gasteiger partial charge in [-0.1, -0.05) is 0 Å². The zero-order valence-corrected chi connectivity index (χ0v) is 12.8. The Balaban J connectivity index is 1.87. The van der Waals surface area contributed by atoms with Crippen molar-refractivity contribution in [1.82, 2.24) is 15.3 Å². The highest BCUT2D eigenvalue weighted by atomic mass is 16.5. The number of hydrogen-bond acceptors (Lipinski definition) is 4.